The van der Waals surface area contributed by atoms with E-state index in [1.165, 1.54) is 24.4 Å². The van der Waals surface area contributed by atoms with E-state index in [4.69, 9.17) is 11.6 Å². The molecule has 21 heavy (non-hydrogen) atoms. The standard InChI is InChI=1S/C16H12ClFN2O/c17-13(10-12-6-2-1-3-7-12)11-19-20-16(21)14-8-4-5-9-15(14)18/h1-11H,(H,20,21)/b13-10-,19-11?. The molecule has 0 heterocycles. The molecule has 0 aliphatic carbocycles. The summed E-state index contributed by atoms with van der Waals surface area (Å²) in [5, 5.41) is 4.04. The van der Waals surface area contributed by atoms with Crippen LogP contribution in [0, 0.1) is 5.82 Å². The molecule has 1 amide bonds. The molecular formula is C16H12ClFN2O. The van der Waals surface area contributed by atoms with Gasteiger partial charge in [0.25, 0.3) is 5.91 Å². The number of halogens is 2. The highest BCUT2D eigenvalue weighted by Gasteiger charge is 2.08. The van der Waals surface area contributed by atoms with Crippen molar-refractivity contribution in [3.63, 3.8) is 0 Å². The molecule has 2 aromatic carbocycles. The zero-order valence-corrected chi connectivity index (χ0v) is 11.7. The molecule has 3 nitrogen and oxygen atoms in total. The zero-order chi connectivity index (χ0) is 15.1. The Morgan fingerprint density at radius 3 is 2.48 bits per heavy atom. The van der Waals surface area contributed by atoms with Crippen molar-refractivity contribution in [1.29, 1.82) is 0 Å². The lowest BCUT2D eigenvalue weighted by molar-refractivity contribution is 0.0951. The molecule has 0 radical (unpaired) electrons. The molecule has 0 spiro atoms. The van der Waals surface area contributed by atoms with Gasteiger partial charge in [-0.1, -0.05) is 54.1 Å². The van der Waals surface area contributed by atoms with Gasteiger partial charge in [0.2, 0.25) is 0 Å². The maximum absolute atomic E-state index is 13.4. The molecule has 1 N–H and O–H groups in total. The first-order valence-electron chi connectivity index (χ1n) is 6.17. The number of hydrogen-bond acceptors (Lipinski definition) is 2. The van der Waals surface area contributed by atoms with Crippen LogP contribution >= 0.6 is 11.6 Å². The number of nitrogens with zero attached hydrogens (tertiary/aromatic N) is 1. The number of rotatable bonds is 4. The highest BCUT2D eigenvalue weighted by molar-refractivity contribution is 6.41. The number of hydrogen-bond donors (Lipinski definition) is 1. The van der Waals surface area contributed by atoms with Gasteiger partial charge in [-0.2, -0.15) is 5.10 Å². The summed E-state index contributed by atoms with van der Waals surface area (Å²) < 4.78 is 13.4. The van der Waals surface area contributed by atoms with Crippen LogP contribution in [0.1, 0.15) is 15.9 Å². The number of hydrazone groups is 1. The van der Waals surface area contributed by atoms with Crippen molar-refractivity contribution in [2.45, 2.75) is 0 Å². The van der Waals surface area contributed by atoms with E-state index in [9.17, 15) is 9.18 Å². The van der Waals surface area contributed by atoms with Crippen LogP contribution in [-0.4, -0.2) is 12.1 Å². The largest absolute Gasteiger partial charge is 0.274 e. The van der Waals surface area contributed by atoms with Gasteiger partial charge in [-0.3, -0.25) is 4.79 Å². The molecular weight excluding hydrogens is 291 g/mol. The van der Waals surface area contributed by atoms with Gasteiger partial charge in [-0.25, -0.2) is 9.82 Å². The van der Waals surface area contributed by atoms with Gasteiger partial charge in [0.15, 0.2) is 0 Å². The minimum Gasteiger partial charge on any atom is -0.267 e. The van der Waals surface area contributed by atoms with Crippen LogP contribution < -0.4 is 5.43 Å². The topological polar surface area (TPSA) is 41.5 Å². The van der Waals surface area contributed by atoms with Gasteiger partial charge in [-0.05, 0) is 23.8 Å². The molecule has 2 rings (SSSR count). The third-order valence-electron chi connectivity index (χ3n) is 2.58. The summed E-state index contributed by atoms with van der Waals surface area (Å²) in [6, 6.07) is 15.1. The molecule has 0 aromatic heterocycles. The molecule has 2 aromatic rings. The molecule has 0 fully saturated rings. The highest BCUT2D eigenvalue weighted by Crippen LogP contribution is 2.08. The van der Waals surface area contributed by atoms with E-state index in [0.29, 0.717) is 5.03 Å². The van der Waals surface area contributed by atoms with Crippen LogP contribution in [0.2, 0.25) is 0 Å². The van der Waals surface area contributed by atoms with E-state index in [0.717, 1.165) is 5.56 Å². The van der Waals surface area contributed by atoms with Crippen molar-refractivity contribution in [2.75, 3.05) is 0 Å². The predicted molar refractivity (Wildman–Crippen MR) is 82.6 cm³/mol. The van der Waals surface area contributed by atoms with Crippen LogP contribution in [0.15, 0.2) is 64.7 Å². The quantitative estimate of drug-likeness (QED) is 0.677. The van der Waals surface area contributed by atoms with Crippen molar-refractivity contribution >= 4 is 29.8 Å². The normalized spacial score (nSPS) is 11.6. The summed E-state index contributed by atoms with van der Waals surface area (Å²) in [5.74, 6) is -1.23. The summed E-state index contributed by atoms with van der Waals surface area (Å²) in [7, 11) is 0. The molecule has 0 aliphatic heterocycles. The maximum atomic E-state index is 13.4. The predicted octanol–water partition coefficient (Wildman–Crippen LogP) is 3.82. The summed E-state index contributed by atoms with van der Waals surface area (Å²) in [6.07, 6.45) is 2.98. The summed E-state index contributed by atoms with van der Waals surface area (Å²) >= 11 is 5.96. The fourth-order valence-electron chi connectivity index (χ4n) is 1.60. The van der Waals surface area contributed by atoms with E-state index >= 15 is 0 Å². The average Bonchev–Trinajstić information content (AvgIpc) is 2.48. The van der Waals surface area contributed by atoms with Gasteiger partial charge < -0.3 is 0 Å². The third-order valence-corrected chi connectivity index (χ3v) is 2.78. The molecule has 5 heteroatoms. The number of nitrogens with one attached hydrogen (secondary N) is 1. The Kier molecular flexibility index (Phi) is 5.23. The number of allylic oxidation sites excluding steroid dienone is 1. The van der Waals surface area contributed by atoms with Gasteiger partial charge in [0.1, 0.15) is 5.82 Å². The molecule has 0 unspecified atom stereocenters. The first-order valence-corrected chi connectivity index (χ1v) is 6.55. The van der Waals surface area contributed by atoms with E-state index in [-0.39, 0.29) is 5.56 Å². The first-order chi connectivity index (χ1) is 10.2. The van der Waals surface area contributed by atoms with Gasteiger partial charge >= 0.3 is 0 Å². The Bertz CT molecular complexity index is 684. The van der Waals surface area contributed by atoms with E-state index < -0.39 is 11.7 Å². The summed E-state index contributed by atoms with van der Waals surface area (Å²) in [6.45, 7) is 0. The lowest BCUT2D eigenvalue weighted by Gasteiger charge is -2.00. The van der Waals surface area contributed by atoms with Crippen molar-refractivity contribution in [2.24, 2.45) is 5.10 Å². The second kappa shape index (κ2) is 7.36. The van der Waals surface area contributed by atoms with Gasteiger partial charge in [0.05, 0.1) is 16.8 Å². The summed E-state index contributed by atoms with van der Waals surface area (Å²) in [5.41, 5.74) is 3.06. The SMILES string of the molecule is O=C(NN=C/C(Cl)=C/c1ccccc1)c1ccccc1F. The lowest BCUT2D eigenvalue weighted by Crippen LogP contribution is -2.18. The Morgan fingerprint density at radius 1 is 1.10 bits per heavy atom. The molecule has 0 saturated carbocycles. The molecule has 0 bridgehead atoms. The van der Waals surface area contributed by atoms with Crippen molar-refractivity contribution in [3.8, 4) is 0 Å². The Hall–Kier alpha value is -2.46. The second-order valence-corrected chi connectivity index (χ2v) is 4.56. The summed E-state index contributed by atoms with van der Waals surface area (Å²) in [4.78, 5) is 11.7. The number of carbonyl (C=O) groups is 1. The fourth-order valence-corrected chi connectivity index (χ4v) is 1.78. The smallest absolute Gasteiger partial charge is 0.267 e. The molecule has 0 atom stereocenters. The van der Waals surface area contributed by atoms with Gasteiger partial charge in [0, 0.05) is 0 Å². The van der Waals surface area contributed by atoms with Crippen LogP contribution in [0.3, 0.4) is 0 Å². The number of carbonyl (C=O) groups excluding carboxylic acids is 1. The van der Waals surface area contributed by atoms with E-state index in [1.807, 2.05) is 30.3 Å². The fraction of sp³-hybridized carbons (Fsp3) is 0. The Balaban J connectivity index is 1.98. The van der Waals surface area contributed by atoms with Crippen LogP contribution in [0.5, 0.6) is 0 Å². The maximum Gasteiger partial charge on any atom is 0.274 e. The average molecular weight is 303 g/mol. The minimum atomic E-state index is -0.631. The van der Waals surface area contributed by atoms with Crippen molar-refractivity contribution < 1.29 is 9.18 Å². The first kappa shape index (κ1) is 14.9. The zero-order valence-electron chi connectivity index (χ0n) is 11.0. The minimum absolute atomic E-state index is 0.0715. The van der Waals surface area contributed by atoms with Gasteiger partial charge in [-0.15, -0.1) is 0 Å². The Morgan fingerprint density at radius 2 is 1.76 bits per heavy atom. The second-order valence-electron chi connectivity index (χ2n) is 4.12. The third kappa shape index (κ3) is 4.54. The van der Waals surface area contributed by atoms with Crippen molar-refractivity contribution in [1.82, 2.24) is 5.43 Å². The Labute approximate surface area is 126 Å². The van der Waals surface area contributed by atoms with Crippen LogP contribution in [0.4, 0.5) is 4.39 Å². The van der Waals surface area contributed by atoms with E-state index in [2.05, 4.69) is 10.5 Å². The molecule has 0 aliphatic rings. The highest BCUT2D eigenvalue weighted by atomic mass is 35.5. The van der Waals surface area contributed by atoms with Crippen LogP contribution in [-0.2, 0) is 0 Å². The van der Waals surface area contributed by atoms with Crippen LogP contribution in [0.25, 0.3) is 6.08 Å². The number of benzene rings is 2. The number of amides is 1. The molecule has 106 valence electrons. The monoisotopic (exact) mass is 302 g/mol. The lowest BCUT2D eigenvalue weighted by atomic mass is 10.2. The van der Waals surface area contributed by atoms with E-state index in [1.54, 1.807) is 12.1 Å². The van der Waals surface area contributed by atoms with Crippen molar-refractivity contribution in [3.05, 3.63) is 76.6 Å². The molecule has 0 saturated heterocycles.